The van der Waals surface area contributed by atoms with E-state index in [0.717, 1.165) is 21.9 Å². The van der Waals surface area contributed by atoms with Crippen molar-refractivity contribution in [2.75, 3.05) is 13.1 Å². The number of hydrogen-bond donors (Lipinski definition) is 0. The van der Waals surface area contributed by atoms with Crippen LogP contribution >= 0.6 is 15.9 Å². The number of amides is 1. The van der Waals surface area contributed by atoms with Gasteiger partial charge >= 0.3 is 0 Å². The Morgan fingerprint density at radius 3 is 2.72 bits per heavy atom. The van der Waals surface area contributed by atoms with Crippen molar-refractivity contribution in [1.29, 1.82) is 0 Å². The molecule has 1 aliphatic heterocycles. The quantitative estimate of drug-likeness (QED) is 0.676. The SMILES string of the molecule is O=C(c1ccccc1Br)N1CCC(Oc2cnc3ccccc3n2)C1. The van der Waals surface area contributed by atoms with Gasteiger partial charge in [-0.2, -0.15) is 0 Å². The molecule has 2 aromatic carbocycles. The van der Waals surface area contributed by atoms with Crippen molar-refractivity contribution in [2.24, 2.45) is 0 Å². The van der Waals surface area contributed by atoms with Crippen LogP contribution in [0.1, 0.15) is 16.8 Å². The summed E-state index contributed by atoms with van der Waals surface area (Å²) >= 11 is 3.44. The smallest absolute Gasteiger partial charge is 0.255 e. The van der Waals surface area contributed by atoms with Gasteiger partial charge in [-0.1, -0.05) is 24.3 Å². The molecule has 3 aromatic rings. The maximum atomic E-state index is 12.7. The number of benzene rings is 2. The van der Waals surface area contributed by atoms with E-state index in [9.17, 15) is 4.79 Å². The molecule has 0 N–H and O–H groups in total. The Bertz CT molecular complexity index is 931. The number of carbonyl (C=O) groups excluding carboxylic acids is 1. The van der Waals surface area contributed by atoms with E-state index in [1.54, 1.807) is 6.20 Å². The van der Waals surface area contributed by atoms with Crippen LogP contribution < -0.4 is 4.74 Å². The summed E-state index contributed by atoms with van der Waals surface area (Å²) in [5.41, 5.74) is 2.32. The number of halogens is 1. The van der Waals surface area contributed by atoms with Crippen LogP contribution in [0.25, 0.3) is 11.0 Å². The fourth-order valence-corrected chi connectivity index (χ4v) is 3.44. The van der Waals surface area contributed by atoms with E-state index in [1.807, 2.05) is 53.4 Å². The number of ether oxygens (including phenoxy) is 1. The number of rotatable bonds is 3. The van der Waals surface area contributed by atoms with Gasteiger partial charge < -0.3 is 9.64 Å². The highest BCUT2D eigenvalue weighted by atomic mass is 79.9. The van der Waals surface area contributed by atoms with Gasteiger partial charge in [0.15, 0.2) is 0 Å². The van der Waals surface area contributed by atoms with Gasteiger partial charge in [-0.3, -0.25) is 4.79 Å². The van der Waals surface area contributed by atoms with Crippen molar-refractivity contribution < 1.29 is 9.53 Å². The maximum absolute atomic E-state index is 12.7. The van der Waals surface area contributed by atoms with Crippen LogP contribution in [0.2, 0.25) is 0 Å². The van der Waals surface area contributed by atoms with E-state index in [1.165, 1.54) is 0 Å². The highest BCUT2D eigenvalue weighted by molar-refractivity contribution is 9.10. The Labute approximate surface area is 153 Å². The van der Waals surface area contributed by atoms with Crippen LogP contribution in [-0.2, 0) is 0 Å². The highest BCUT2D eigenvalue weighted by Crippen LogP contribution is 2.23. The molecule has 0 bridgehead atoms. The van der Waals surface area contributed by atoms with Crippen LogP contribution in [0.15, 0.2) is 59.2 Å². The fraction of sp³-hybridized carbons (Fsp3) is 0.211. The number of carbonyl (C=O) groups is 1. The Balaban J connectivity index is 1.45. The van der Waals surface area contributed by atoms with Crippen LogP contribution in [-0.4, -0.2) is 40.0 Å². The van der Waals surface area contributed by atoms with E-state index >= 15 is 0 Å². The average Bonchev–Trinajstić information content (AvgIpc) is 3.10. The second-order valence-corrected chi connectivity index (χ2v) is 6.81. The van der Waals surface area contributed by atoms with Gasteiger partial charge in [0.2, 0.25) is 5.88 Å². The third kappa shape index (κ3) is 3.35. The Morgan fingerprint density at radius 2 is 1.88 bits per heavy atom. The third-order valence-electron chi connectivity index (χ3n) is 4.25. The molecule has 25 heavy (non-hydrogen) atoms. The van der Waals surface area contributed by atoms with Gasteiger partial charge in [-0.05, 0) is 40.2 Å². The van der Waals surface area contributed by atoms with E-state index in [-0.39, 0.29) is 12.0 Å². The second kappa shape index (κ2) is 6.80. The Morgan fingerprint density at radius 1 is 1.12 bits per heavy atom. The molecule has 0 aliphatic carbocycles. The van der Waals surface area contributed by atoms with E-state index < -0.39 is 0 Å². The predicted octanol–water partition coefficient (Wildman–Crippen LogP) is 3.69. The van der Waals surface area contributed by atoms with Crippen LogP contribution in [0, 0.1) is 0 Å². The molecule has 4 rings (SSSR count). The molecule has 126 valence electrons. The molecule has 1 atom stereocenters. The second-order valence-electron chi connectivity index (χ2n) is 5.96. The molecule has 0 saturated carbocycles. The number of fused-ring (bicyclic) bond motifs is 1. The minimum Gasteiger partial charge on any atom is -0.471 e. The molecule has 2 heterocycles. The number of para-hydroxylation sites is 2. The largest absolute Gasteiger partial charge is 0.471 e. The van der Waals surface area contributed by atoms with Gasteiger partial charge in [0.25, 0.3) is 5.91 Å². The summed E-state index contributed by atoms with van der Waals surface area (Å²) in [6.07, 6.45) is 2.35. The summed E-state index contributed by atoms with van der Waals surface area (Å²) in [6, 6.07) is 15.2. The zero-order chi connectivity index (χ0) is 17.2. The van der Waals surface area contributed by atoms with Crippen LogP contribution in [0.4, 0.5) is 0 Å². The molecular weight excluding hydrogens is 382 g/mol. The molecule has 5 nitrogen and oxygen atoms in total. The maximum Gasteiger partial charge on any atom is 0.255 e. The summed E-state index contributed by atoms with van der Waals surface area (Å²) in [7, 11) is 0. The van der Waals surface area contributed by atoms with Crippen molar-refractivity contribution in [3.63, 3.8) is 0 Å². The minimum absolute atomic E-state index is 0.0168. The average molecular weight is 398 g/mol. The molecule has 1 unspecified atom stereocenters. The van der Waals surface area contributed by atoms with Crippen LogP contribution in [0.5, 0.6) is 5.88 Å². The van der Waals surface area contributed by atoms with Crippen molar-refractivity contribution in [3.8, 4) is 5.88 Å². The summed E-state index contributed by atoms with van der Waals surface area (Å²) < 4.78 is 6.76. The molecule has 6 heteroatoms. The summed E-state index contributed by atoms with van der Waals surface area (Å²) in [4.78, 5) is 23.3. The molecule has 1 fully saturated rings. The molecule has 1 aliphatic rings. The summed E-state index contributed by atoms with van der Waals surface area (Å²) in [5, 5.41) is 0. The molecule has 1 amide bonds. The van der Waals surface area contributed by atoms with Crippen molar-refractivity contribution >= 4 is 32.9 Å². The van der Waals surface area contributed by atoms with Gasteiger partial charge in [-0.15, -0.1) is 0 Å². The lowest BCUT2D eigenvalue weighted by Gasteiger charge is -2.17. The zero-order valence-electron chi connectivity index (χ0n) is 13.4. The molecule has 0 radical (unpaired) electrons. The first kappa shape index (κ1) is 16.0. The van der Waals surface area contributed by atoms with Gasteiger partial charge in [0.1, 0.15) is 6.10 Å². The first-order chi connectivity index (χ1) is 12.2. The minimum atomic E-state index is -0.0677. The molecule has 0 spiro atoms. The lowest BCUT2D eigenvalue weighted by atomic mass is 10.2. The van der Waals surface area contributed by atoms with E-state index in [0.29, 0.717) is 24.5 Å². The lowest BCUT2D eigenvalue weighted by molar-refractivity contribution is 0.0770. The Kier molecular flexibility index (Phi) is 4.36. The van der Waals surface area contributed by atoms with Gasteiger partial charge in [0.05, 0.1) is 29.3 Å². The molecule has 1 aromatic heterocycles. The first-order valence-corrected chi connectivity index (χ1v) is 8.92. The lowest BCUT2D eigenvalue weighted by Crippen LogP contribution is -2.31. The third-order valence-corrected chi connectivity index (χ3v) is 4.94. The van der Waals surface area contributed by atoms with Gasteiger partial charge in [0, 0.05) is 17.4 Å². The van der Waals surface area contributed by atoms with Crippen molar-refractivity contribution in [3.05, 3.63) is 64.8 Å². The monoisotopic (exact) mass is 397 g/mol. The fourth-order valence-electron chi connectivity index (χ4n) is 2.98. The standard InChI is InChI=1S/C19H16BrN3O2/c20-15-6-2-1-5-14(15)19(24)23-10-9-13(12-23)25-18-11-21-16-7-3-4-8-17(16)22-18/h1-8,11,13H,9-10,12H2. The topological polar surface area (TPSA) is 55.3 Å². The van der Waals surface area contributed by atoms with Crippen molar-refractivity contribution in [1.82, 2.24) is 14.9 Å². The summed E-state index contributed by atoms with van der Waals surface area (Å²) in [6.45, 7) is 1.22. The normalized spacial score (nSPS) is 17.0. The summed E-state index contributed by atoms with van der Waals surface area (Å²) in [5.74, 6) is 0.516. The first-order valence-electron chi connectivity index (χ1n) is 8.13. The van der Waals surface area contributed by atoms with E-state index in [2.05, 4.69) is 25.9 Å². The van der Waals surface area contributed by atoms with E-state index in [4.69, 9.17) is 4.74 Å². The number of hydrogen-bond acceptors (Lipinski definition) is 4. The van der Waals surface area contributed by atoms with Crippen LogP contribution in [0.3, 0.4) is 0 Å². The predicted molar refractivity (Wildman–Crippen MR) is 98.6 cm³/mol. The van der Waals surface area contributed by atoms with Gasteiger partial charge in [-0.25, -0.2) is 9.97 Å². The Hall–Kier alpha value is -2.47. The zero-order valence-corrected chi connectivity index (χ0v) is 15.0. The number of nitrogens with zero attached hydrogens (tertiary/aromatic N) is 3. The highest BCUT2D eigenvalue weighted by Gasteiger charge is 2.29. The molecular formula is C19H16BrN3O2. The van der Waals surface area contributed by atoms with Crippen molar-refractivity contribution in [2.45, 2.75) is 12.5 Å². The molecule has 1 saturated heterocycles. The number of likely N-dealkylation sites (tertiary alicyclic amines) is 1. The number of aromatic nitrogens is 2.